The Balaban J connectivity index is 2.52. The van der Waals surface area contributed by atoms with Crippen molar-refractivity contribution in [3.8, 4) is 0 Å². The molecule has 0 heterocycles. The number of carboxylic acid groups (broad SMARTS) is 1. The standard InChI is InChI=1S/C14H20N2O3/c1-2-6-12(14(18)19)16-13(17)9-11(15)10-7-4-3-5-8-10/h3-5,7-8,11-12H,2,6,9,15H2,1H3,(H,16,17)(H,18,19)/t11?,12-/m0/s1. The second-order valence-corrected chi connectivity index (χ2v) is 4.47. The lowest BCUT2D eigenvalue weighted by atomic mass is 10.0. The summed E-state index contributed by atoms with van der Waals surface area (Å²) in [7, 11) is 0. The fourth-order valence-electron chi connectivity index (χ4n) is 1.82. The van der Waals surface area contributed by atoms with Gasteiger partial charge in [-0.15, -0.1) is 0 Å². The van der Waals surface area contributed by atoms with Gasteiger partial charge in [0.1, 0.15) is 6.04 Å². The van der Waals surface area contributed by atoms with E-state index < -0.39 is 18.1 Å². The Bertz CT molecular complexity index is 420. The van der Waals surface area contributed by atoms with E-state index >= 15 is 0 Å². The van der Waals surface area contributed by atoms with Crippen molar-refractivity contribution in [1.29, 1.82) is 0 Å². The molecule has 0 aliphatic rings. The second-order valence-electron chi connectivity index (χ2n) is 4.47. The van der Waals surface area contributed by atoms with Crippen molar-refractivity contribution in [3.05, 3.63) is 35.9 Å². The van der Waals surface area contributed by atoms with Gasteiger partial charge in [-0.05, 0) is 12.0 Å². The van der Waals surface area contributed by atoms with Crippen LogP contribution in [0.1, 0.15) is 37.8 Å². The first kappa shape index (κ1) is 15.2. The summed E-state index contributed by atoms with van der Waals surface area (Å²) in [5.74, 6) is -1.35. The second kappa shape index (κ2) is 7.53. The molecule has 0 spiro atoms. The van der Waals surface area contributed by atoms with Gasteiger partial charge in [0.2, 0.25) is 5.91 Å². The highest BCUT2D eigenvalue weighted by Crippen LogP contribution is 2.13. The minimum Gasteiger partial charge on any atom is -0.480 e. The predicted molar refractivity (Wildman–Crippen MR) is 72.5 cm³/mol. The molecule has 1 aromatic rings. The number of hydrogen-bond donors (Lipinski definition) is 3. The summed E-state index contributed by atoms with van der Waals surface area (Å²) in [5.41, 5.74) is 6.77. The molecular weight excluding hydrogens is 244 g/mol. The van der Waals surface area contributed by atoms with Gasteiger partial charge in [-0.25, -0.2) is 4.79 Å². The number of carboxylic acids is 1. The number of benzene rings is 1. The third kappa shape index (κ3) is 5.09. The number of nitrogens with one attached hydrogen (secondary N) is 1. The average molecular weight is 264 g/mol. The van der Waals surface area contributed by atoms with E-state index in [9.17, 15) is 9.59 Å². The van der Waals surface area contributed by atoms with E-state index in [2.05, 4.69) is 5.32 Å². The molecule has 5 heteroatoms. The number of carbonyl (C=O) groups excluding carboxylic acids is 1. The summed E-state index contributed by atoms with van der Waals surface area (Å²) in [6, 6.07) is 8.02. The van der Waals surface area contributed by atoms with E-state index in [0.29, 0.717) is 12.8 Å². The van der Waals surface area contributed by atoms with Crippen molar-refractivity contribution in [3.63, 3.8) is 0 Å². The number of nitrogens with two attached hydrogens (primary N) is 1. The molecule has 0 aromatic heterocycles. The van der Waals surface area contributed by atoms with Gasteiger partial charge < -0.3 is 16.2 Å². The highest BCUT2D eigenvalue weighted by Gasteiger charge is 2.20. The Kier molecular flexibility index (Phi) is 6.02. The maximum Gasteiger partial charge on any atom is 0.326 e. The van der Waals surface area contributed by atoms with Crippen molar-refractivity contribution in [2.75, 3.05) is 0 Å². The molecule has 1 aromatic carbocycles. The largest absolute Gasteiger partial charge is 0.480 e. The average Bonchev–Trinajstić information content (AvgIpc) is 2.39. The van der Waals surface area contributed by atoms with Crippen LogP contribution in [-0.4, -0.2) is 23.0 Å². The molecule has 1 amide bonds. The van der Waals surface area contributed by atoms with E-state index in [1.165, 1.54) is 0 Å². The van der Waals surface area contributed by atoms with Crippen LogP contribution in [0.3, 0.4) is 0 Å². The summed E-state index contributed by atoms with van der Waals surface area (Å²) >= 11 is 0. The molecular formula is C14H20N2O3. The highest BCUT2D eigenvalue weighted by molar-refractivity contribution is 5.83. The van der Waals surface area contributed by atoms with E-state index in [1.54, 1.807) is 0 Å². The number of rotatable bonds is 7. The first-order valence-electron chi connectivity index (χ1n) is 6.37. The molecule has 104 valence electrons. The molecule has 2 atom stereocenters. The number of amides is 1. The Hall–Kier alpha value is -1.88. The van der Waals surface area contributed by atoms with E-state index in [0.717, 1.165) is 5.56 Å². The van der Waals surface area contributed by atoms with E-state index in [1.807, 2.05) is 37.3 Å². The van der Waals surface area contributed by atoms with Gasteiger partial charge >= 0.3 is 5.97 Å². The molecule has 0 bridgehead atoms. The lowest BCUT2D eigenvalue weighted by Crippen LogP contribution is -2.41. The molecule has 0 aliphatic heterocycles. The molecule has 0 radical (unpaired) electrons. The zero-order valence-corrected chi connectivity index (χ0v) is 11.0. The summed E-state index contributed by atoms with van der Waals surface area (Å²) < 4.78 is 0. The Morgan fingerprint density at radius 2 is 1.95 bits per heavy atom. The molecule has 1 unspecified atom stereocenters. The monoisotopic (exact) mass is 264 g/mol. The van der Waals surface area contributed by atoms with Crippen LogP contribution in [0.4, 0.5) is 0 Å². The summed E-state index contributed by atoms with van der Waals surface area (Å²) in [6.07, 6.45) is 1.20. The molecule has 0 saturated carbocycles. The predicted octanol–water partition coefficient (Wildman–Crippen LogP) is 1.45. The number of aliphatic carboxylic acids is 1. The van der Waals surface area contributed by atoms with Gasteiger partial charge in [0, 0.05) is 12.5 Å². The van der Waals surface area contributed by atoms with Crippen molar-refractivity contribution in [2.45, 2.75) is 38.3 Å². The maximum atomic E-state index is 11.8. The van der Waals surface area contributed by atoms with Crippen LogP contribution < -0.4 is 11.1 Å². The van der Waals surface area contributed by atoms with Gasteiger partial charge in [0.05, 0.1) is 0 Å². The molecule has 19 heavy (non-hydrogen) atoms. The third-order valence-corrected chi connectivity index (χ3v) is 2.84. The fourth-order valence-corrected chi connectivity index (χ4v) is 1.82. The third-order valence-electron chi connectivity index (χ3n) is 2.84. The molecule has 5 nitrogen and oxygen atoms in total. The van der Waals surface area contributed by atoms with E-state index in [4.69, 9.17) is 10.8 Å². The summed E-state index contributed by atoms with van der Waals surface area (Å²) in [6.45, 7) is 1.87. The topological polar surface area (TPSA) is 92.4 Å². The molecule has 0 aliphatic carbocycles. The smallest absolute Gasteiger partial charge is 0.326 e. The van der Waals surface area contributed by atoms with Gasteiger partial charge in [0.15, 0.2) is 0 Å². The highest BCUT2D eigenvalue weighted by atomic mass is 16.4. The number of hydrogen-bond acceptors (Lipinski definition) is 3. The van der Waals surface area contributed by atoms with E-state index in [-0.39, 0.29) is 12.3 Å². The molecule has 4 N–H and O–H groups in total. The summed E-state index contributed by atoms with van der Waals surface area (Å²) in [5, 5.41) is 11.5. The van der Waals surface area contributed by atoms with Crippen LogP contribution >= 0.6 is 0 Å². The lowest BCUT2D eigenvalue weighted by Gasteiger charge is -2.16. The van der Waals surface area contributed by atoms with Gasteiger partial charge in [0.25, 0.3) is 0 Å². The van der Waals surface area contributed by atoms with Crippen LogP contribution in [0.15, 0.2) is 30.3 Å². The first-order valence-corrected chi connectivity index (χ1v) is 6.37. The lowest BCUT2D eigenvalue weighted by molar-refractivity contribution is -0.142. The van der Waals surface area contributed by atoms with Crippen LogP contribution in [0.5, 0.6) is 0 Å². The quantitative estimate of drug-likeness (QED) is 0.695. The minimum absolute atomic E-state index is 0.0809. The van der Waals surface area contributed by atoms with Crippen molar-refractivity contribution >= 4 is 11.9 Å². The fraction of sp³-hybridized carbons (Fsp3) is 0.429. The summed E-state index contributed by atoms with van der Waals surface area (Å²) in [4.78, 5) is 22.7. The van der Waals surface area contributed by atoms with Crippen LogP contribution in [-0.2, 0) is 9.59 Å². The van der Waals surface area contributed by atoms with Gasteiger partial charge in [-0.2, -0.15) is 0 Å². The molecule has 1 rings (SSSR count). The SMILES string of the molecule is CCC[C@H](NC(=O)CC(N)c1ccccc1)C(=O)O. The molecule has 0 fully saturated rings. The molecule has 0 saturated heterocycles. The zero-order chi connectivity index (χ0) is 14.3. The van der Waals surface area contributed by atoms with Crippen molar-refractivity contribution in [2.24, 2.45) is 5.73 Å². The Labute approximate surface area is 112 Å². The van der Waals surface area contributed by atoms with Crippen LogP contribution in [0, 0.1) is 0 Å². The minimum atomic E-state index is -1.01. The van der Waals surface area contributed by atoms with Crippen LogP contribution in [0.2, 0.25) is 0 Å². The van der Waals surface area contributed by atoms with Gasteiger partial charge in [-0.1, -0.05) is 43.7 Å². The Morgan fingerprint density at radius 3 is 2.47 bits per heavy atom. The first-order chi connectivity index (χ1) is 9.04. The van der Waals surface area contributed by atoms with Gasteiger partial charge in [-0.3, -0.25) is 4.79 Å². The Morgan fingerprint density at radius 1 is 1.32 bits per heavy atom. The maximum absolute atomic E-state index is 11.8. The van der Waals surface area contributed by atoms with Crippen LogP contribution in [0.25, 0.3) is 0 Å². The normalized spacial score (nSPS) is 13.6. The number of carbonyl (C=O) groups is 2. The zero-order valence-electron chi connectivity index (χ0n) is 11.0. The van der Waals surface area contributed by atoms with Crippen molar-refractivity contribution < 1.29 is 14.7 Å². The van der Waals surface area contributed by atoms with Crippen molar-refractivity contribution in [1.82, 2.24) is 5.32 Å².